The maximum absolute atomic E-state index is 3.42. The van der Waals surface area contributed by atoms with Gasteiger partial charge in [0, 0.05) is 13.1 Å². The lowest BCUT2D eigenvalue weighted by Crippen LogP contribution is -2.29. The molecule has 0 aromatic heterocycles. The fourth-order valence-electron chi connectivity index (χ4n) is 1.15. The van der Waals surface area contributed by atoms with E-state index in [0.29, 0.717) is 5.31 Å². The molecule has 1 fully saturated rings. The molecule has 0 radical (unpaired) electrons. The summed E-state index contributed by atoms with van der Waals surface area (Å²) in [7, 11) is 0. The Hall–Kier alpha value is 0.725. The van der Waals surface area contributed by atoms with Gasteiger partial charge in [-0.1, -0.05) is 20.8 Å². The molecule has 0 aliphatic carbocycles. The molecular formula is C8H18BNS2. The van der Waals surface area contributed by atoms with E-state index >= 15 is 0 Å². The van der Waals surface area contributed by atoms with E-state index in [9.17, 15) is 0 Å². The third-order valence-corrected chi connectivity index (χ3v) is 5.52. The molecule has 0 saturated carbocycles. The van der Waals surface area contributed by atoms with Gasteiger partial charge >= 0.3 is 0 Å². The van der Waals surface area contributed by atoms with Gasteiger partial charge in [-0.25, -0.2) is 0 Å². The Kier molecular flexibility index (Phi) is 4.34. The van der Waals surface area contributed by atoms with Crippen LogP contribution in [0, 0.1) is 0 Å². The molecule has 0 aromatic carbocycles. The lowest BCUT2D eigenvalue weighted by molar-refractivity contribution is 0.755. The van der Waals surface area contributed by atoms with Crippen molar-refractivity contribution in [2.75, 3.05) is 24.6 Å². The highest BCUT2D eigenvalue weighted by atomic mass is 32.2. The largest absolute Gasteiger partial charge is 0.315 e. The Morgan fingerprint density at radius 2 is 1.58 bits per heavy atom. The number of hydrogen-bond acceptors (Lipinski definition) is 3. The molecule has 0 unspecified atom stereocenters. The minimum Gasteiger partial charge on any atom is -0.315 e. The summed E-state index contributed by atoms with van der Waals surface area (Å²) in [6.07, 6.45) is 0. The summed E-state index contributed by atoms with van der Waals surface area (Å²) >= 11 is 4.21. The molecule has 0 spiro atoms. The van der Waals surface area contributed by atoms with Gasteiger partial charge in [0.1, 0.15) is 0 Å². The first-order valence-electron chi connectivity index (χ1n) is 4.54. The molecule has 1 aliphatic rings. The van der Waals surface area contributed by atoms with Crippen molar-refractivity contribution in [1.82, 2.24) is 5.32 Å². The summed E-state index contributed by atoms with van der Waals surface area (Å²) in [5.41, 5.74) is 0. The van der Waals surface area contributed by atoms with Crippen LogP contribution in [0.5, 0.6) is 0 Å². The van der Waals surface area contributed by atoms with Crippen molar-refractivity contribution < 1.29 is 0 Å². The Morgan fingerprint density at radius 1 is 1.08 bits per heavy atom. The van der Waals surface area contributed by atoms with E-state index in [0.717, 1.165) is 5.27 Å². The maximum Gasteiger partial charge on any atom is 0.279 e. The van der Waals surface area contributed by atoms with Gasteiger partial charge in [0.15, 0.2) is 0 Å². The Bertz CT molecular complexity index is 128. The smallest absolute Gasteiger partial charge is 0.279 e. The van der Waals surface area contributed by atoms with Crippen LogP contribution in [-0.4, -0.2) is 29.9 Å². The number of hydrogen-bond donors (Lipinski definition) is 1. The van der Waals surface area contributed by atoms with Crippen LogP contribution in [0.15, 0.2) is 0 Å². The molecule has 1 rings (SSSR count). The summed E-state index contributed by atoms with van der Waals surface area (Å²) in [6, 6.07) is 0. The monoisotopic (exact) mass is 203 g/mol. The minimum absolute atomic E-state index is 0.451. The second-order valence-electron chi connectivity index (χ2n) is 4.19. The van der Waals surface area contributed by atoms with Crippen LogP contribution < -0.4 is 5.32 Å². The lowest BCUT2D eigenvalue weighted by Gasteiger charge is -2.28. The Morgan fingerprint density at radius 3 is 2.00 bits per heavy atom. The molecule has 4 heteroatoms. The topological polar surface area (TPSA) is 12.0 Å². The standard InChI is InChI=1S/C8H18BNS2/c1-8(2,3)9-11-6-4-10-5-7-12-9/h10H,4-7H2,1-3H3. The number of nitrogens with one attached hydrogen (secondary N) is 1. The first-order valence-corrected chi connectivity index (χ1v) is 6.64. The molecule has 1 nitrogen and oxygen atoms in total. The molecular weight excluding hydrogens is 185 g/mol. The summed E-state index contributed by atoms with van der Waals surface area (Å²) in [4.78, 5) is 0. The second kappa shape index (κ2) is 4.82. The fourth-order valence-corrected chi connectivity index (χ4v) is 4.06. The van der Waals surface area contributed by atoms with E-state index in [-0.39, 0.29) is 0 Å². The van der Waals surface area contributed by atoms with E-state index in [1.54, 1.807) is 0 Å². The van der Waals surface area contributed by atoms with Crippen LogP contribution in [-0.2, 0) is 0 Å². The Labute approximate surface area is 84.7 Å². The molecule has 1 N–H and O–H groups in total. The maximum atomic E-state index is 3.42. The highest BCUT2D eigenvalue weighted by Gasteiger charge is 2.30. The molecule has 0 atom stereocenters. The molecule has 0 amide bonds. The molecule has 0 bridgehead atoms. The average Bonchev–Trinajstić information content (AvgIpc) is 1.81. The van der Waals surface area contributed by atoms with E-state index in [1.165, 1.54) is 24.6 Å². The molecule has 70 valence electrons. The predicted octanol–water partition coefficient (Wildman–Crippen LogP) is 2.34. The molecule has 1 heterocycles. The highest BCUT2D eigenvalue weighted by molar-refractivity contribution is 8.54. The van der Waals surface area contributed by atoms with Crippen molar-refractivity contribution in [3.63, 3.8) is 0 Å². The van der Waals surface area contributed by atoms with E-state index in [4.69, 9.17) is 0 Å². The molecule has 12 heavy (non-hydrogen) atoms. The van der Waals surface area contributed by atoms with Crippen molar-refractivity contribution >= 4 is 28.5 Å². The zero-order valence-corrected chi connectivity index (χ0v) is 9.86. The summed E-state index contributed by atoms with van der Waals surface area (Å²) in [5.74, 6) is 2.52. The van der Waals surface area contributed by atoms with Crippen LogP contribution in [0.3, 0.4) is 0 Å². The minimum atomic E-state index is 0.451. The van der Waals surface area contributed by atoms with E-state index < -0.39 is 0 Å². The molecule has 1 saturated heterocycles. The van der Waals surface area contributed by atoms with Crippen molar-refractivity contribution in [1.29, 1.82) is 0 Å². The van der Waals surface area contributed by atoms with Gasteiger partial charge in [0.25, 0.3) is 5.27 Å². The van der Waals surface area contributed by atoms with Crippen LogP contribution >= 0.6 is 23.2 Å². The quantitative estimate of drug-likeness (QED) is 0.607. The van der Waals surface area contributed by atoms with Crippen molar-refractivity contribution in [3.8, 4) is 0 Å². The van der Waals surface area contributed by atoms with Crippen molar-refractivity contribution in [2.24, 2.45) is 0 Å². The summed E-state index contributed by atoms with van der Waals surface area (Å²) < 4.78 is 0. The van der Waals surface area contributed by atoms with Gasteiger partial charge in [0.05, 0.1) is 0 Å². The fraction of sp³-hybridized carbons (Fsp3) is 1.00. The van der Waals surface area contributed by atoms with Crippen molar-refractivity contribution in [3.05, 3.63) is 0 Å². The predicted molar refractivity (Wildman–Crippen MR) is 63.3 cm³/mol. The van der Waals surface area contributed by atoms with Gasteiger partial charge in [-0.2, -0.15) is 23.2 Å². The van der Waals surface area contributed by atoms with Gasteiger partial charge in [0.2, 0.25) is 0 Å². The van der Waals surface area contributed by atoms with Gasteiger partial charge < -0.3 is 5.32 Å². The third-order valence-electron chi connectivity index (χ3n) is 1.80. The van der Waals surface area contributed by atoms with Crippen LogP contribution in [0.1, 0.15) is 20.8 Å². The van der Waals surface area contributed by atoms with Crippen molar-refractivity contribution in [2.45, 2.75) is 26.1 Å². The van der Waals surface area contributed by atoms with Gasteiger partial charge in [-0.05, 0) is 16.8 Å². The van der Waals surface area contributed by atoms with E-state index in [1.807, 2.05) is 0 Å². The van der Waals surface area contributed by atoms with E-state index in [2.05, 4.69) is 49.3 Å². The number of rotatable bonds is 0. The SMILES string of the molecule is CC(C)(C)B1SCCNCCS1. The zero-order valence-electron chi connectivity index (χ0n) is 8.22. The average molecular weight is 203 g/mol. The first kappa shape index (κ1) is 10.8. The van der Waals surface area contributed by atoms with Crippen LogP contribution in [0.4, 0.5) is 0 Å². The highest BCUT2D eigenvalue weighted by Crippen LogP contribution is 2.40. The van der Waals surface area contributed by atoms with Gasteiger partial charge in [-0.15, -0.1) is 0 Å². The molecule has 0 aromatic rings. The Balaban J connectivity index is 2.40. The normalized spacial score (nSPS) is 21.8. The van der Waals surface area contributed by atoms with Crippen LogP contribution in [0.2, 0.25) is 5.31 Å². The lowest BCUT2D eigenvalue weighted by atomic mass is 9.71. The summed E-state index contributed by atoms with van der Waals surface area (Å²) in [5, 5.41) is 4.65. The second-order valence-corrected chi connectivity index (χ2v) is 6.91. The summed E-state index contributed by atoms with van der Waals surface area (Å²) in [6.45, 7) is 9.38. The third kappa shape index (κ3) is 3.63. The van der Waals surface area contributed by atoms with Gasteiger partial charge in [-0.3, -0.25) is 0 Å². The first-order chi connectivity index (χ1) is 5.61. The van der Waals surface area contributed by atoms with Crippen LogP contribution in [0.25, 0.3) is 0 Å². The zero-order chi connectivity index (χ0) is 9.03. The molecule has 1 aliphatic heterocycles.